The molecule has 0 heteroatoms. The summed E-state index contributed by atoms with van der Waals surface area (Å²) in [5, 5.41) is 2.90. The molecule has 80 valence electrons. The first kappa shape index (κ1) is 8.81. The fourth-order valence-electron chi connectivity index (χ4n) is 3.98. The van der Waals surface area contributed by atoms with Gasteiger partial charge < -0.3 is 0 Å². The quantitative estimate of drug-likeness (QED) is 0.597. The summed E-state index contributed by atoms with van der Waals surface area (Å²) in [6, 6.07) is 11.3. The Bertz CT molecular complexity index is 580. The van der Waals surface area contributed by atoms with Crippen LogP contribution in [0.1, 0.15) is 47.8 Å². The second kappa shape index (κ2) is 2.88. The van der Waals surface area contributed by atoms with E-state index in [0.29, 0.717) is 0 Å². The predicted molar refractivity (Wildman–Crippen MR) is 68.0 cm³/mol. The van der Waals surface area contributed by atoms with Crippen LogP contribution in [0.3, 0.4) is 0 Å². The van der Waals surface area contributed by atoms with Crippen molar-refractivity contribution in [3.63, 3.8) is 0 Å². The Kier molecular flexibility index (Phi) is 1.59. The van der Waals surface area contributed by atoms with Crippen LogP contribution >= 0.6 is 0 Å². The highest BCUT2D eigenvalue weighted by Gasteiger charge is 2.38. The maximum absolute atomic E-state index is 2.46. The van der Waals surface area contributed by atoms with Gasteiger partial charge in [0.15, 0.2) is 0 Å². The monoisotopic (exact) mass is 208 g/mol. The number of hydrogen-bond acceptors (Lipinski definition) is 0. The molecule has 16 heavy (non-hydrogen) atoms. The normalized spacial score (nSPS) is 26.3. The van der Waals surface area contributed by atoms with Gasteiger partial charge in [-0.25, -0.2) is 0 Å². The minimum atomic E-state index is 0.878. The average molecular weight is 208 g/mol. The van der Waals surface area contributed by atoms with Crippen LogP contribution < -0.4 is 0 Å². The molecular weight excluding hydrogens is 192 g/mol. The highest BCUT2D eigenvalue weighted by Crippen LogP contribution is 2.55. The molecule has 0 saturated heterocycles. The lowest BCUT2D eigenvalue weighted by Gasteiger charge is -2.19. The summed E-state index contributed by atoms with van der Waals surface area (Å²) < 4.78 is 0. The topological polar surface area (TPSA) is 0 Å². The fourth-order valence-corrected chi connectivity index (χ4v) is 3.98. The van der Waals surface area contributed by atoms with Crippen LogP contribution in [0.25, 0.3) is 10.8 Å². The lowest BCUT2D eigenvalue weighted by molar-refractivity contribution is 0.715. The summed E-state index contributed by atoms with van der Waals surface area (Å²) in [7, 11) is 0. The third-order valence-electron chi connectivity index (χ3n) is 4.67. The molecule has 0 radical (unpaired) electrons. The summed E-state index contributed by atoms with van der Waals surface area (Å²) in [5.41, 5.74) is 4.93. The van der Waals surface area contributed by atoms with E-state index in [1.165, 1.54) is 30.0 Å². The molecule has 2 aliphatic rings. The molecule has 2 aliphatic carbocycles. The van der Waals surface area contributed by atoms with Gasteiger partial charge in [0.05, 0.1) is 0 Å². The summed E-state index contributed by atoms with van der Waals surface area (Å²) in [5.74, 6) is 1.76. The van der Waals surface area contributed by atoms with Crippen molar-refractivity contribution in [1.82, 2.24) is 0 Å². The van der Waals surface area contributed by atoms with E-state index in [0.717, 1.165) is 11.8 Å². The molecule has 2 unspecified atom stereocenters. The molecule has 2 bridgehead atoms. The minimum Gasteiger partial charge on any atom is -0.0616 e. The van der Waals surface area contributed by atoms with Crippen molar-refractivity contribution < 1.29 is 0 Å². The van der Waals surface area contributed by atoms with Crippen LogP contribution in [0.5, 0.6) is 0 Å². The number of fused-ring (bicyclic) bond motifs is 6. The van der Waals surface area contributed by atoms with E-state index < -0.39 is 0 Å². The molecule has 0 nitrogen and oxygen atoms in total. The van der Waals surface area contributed by atoms with E-state index in [-0.39, 0.29) is 0 Å². The molecule has 0 N–H and O–H groups in total. The highest BCUT2D eigenvalue weighted by atomic mass is 14.4. The Labute approximate surface area is 96.3 Å². The molecule has 0 amide bonds. The third-order valence-corrected chi connectivity index (χ3v) is 4.67. The smallest absolute Gasteiger partial charge is 0.0150 e. The summed E-state index contributed by atoms with van der Waals surface area (Å²) >= 11 is 0. The van der Waals surface area contributed by atoms with Crippen molar-refractivity contribution in [3.8, 4) is 0 Å². The van der Waals surface area contributed by atoms with E-state index in [1.54, 1.807) is 16.7 Å². The summed E-state index contributed by atoms with van der Waals surface area (Å²) in [6.07, 6.45) is 4.28. The Morgan fingerprint density at radius 3 is 2.81 bits per heavy atom. The van der Waals surface area contributed by atoms with E-state index in [9.17, 15) is 0 Å². The Morgan fingerprint density at radius 1 is 1.06 bits per heavy atom. The molecule has 0 heterocycles. The molecule has 2 aromatic carbocycles. The zero-order valence-corrected chi connectivity index (χ0v) is 9.66. The van der Waals surface area contributed by atoms with Gasteiger partial charge in [-0.3, -0.25) is 0 Å². The minimum absolute atomic E-state index is 0.878. The first-order valence-corrected chi connectivity index (χ1v) is 6.37. The van der Waals surface area contributed by atoms with Crippen LogP contribution in [0.4, 0.5) is 0 Å². The Hall–Kier alpha value is -1.30. The van der Waals surface area contributed by atoms with Gasteiger partial charge in [0, 0.05) is 0 Å². The van der Waals surface area contributed by atoms with E-state index in [1.807, 2.05) is 0 Å². The molecule has 2 aromatic rings. The van der Waals surface area contributed by atoms with Gasteiger partial charge in [0.1, 0.15) is 0 Å². The van der Waals surface area contributed by atoms with Gasteiger partial charge in [-0.15, -0.1) is 0 Å². The number of hydrogen-bond donors (Lipinski definition) is 0. The largest absolute Gasteiger partial charge is 0.0616 e. The van der Waals surface area contributed by atoms with E-state index in [4.69, 9.17) is 0 Å². The zero-order chi connectivity index (χ0) is 10.7. The second-order valence-electron chi connectivity index (χ2n) is 5.43. The highest BCUT2D eigenvalue weighted by molar-refractivity contribution is 5.88. The Morgan fingerprint density at radius 2 is 1.88 bits per heavy atom. The van der Waals surface area contributed by atoms with Crippen molar-refractivity contribution in [1.29, 1.82) is 0 Å². The maximum Gasteiger partial charge on any atom is -0.0150 e. The number of aryl methyl sites for hydroxylation is 1. The second-order valence-corrected chi connectivity index (χ2v) is 5.43. The van der Waals surface area contributed by atoms with Crippen LogP contribution in [0, 0.1) is 6.92 Å². The van der Waals surface area contributed by atoms with Crippen LogP contribution in [-0.4, -0.2) is 0 Å². The van der Waals surface area contributed by atoms with E-state index in [2.05, 4.69) is 37.3 Å². The number of benzene rings is 2. The van der Waals surface area contributed by atoms with Crippen LogP contribution in [0.15, 0.2) is 30.3 Å². The van der Waals surface area contributed by atoms with Crippen molar-refractivity contribution in [2.75, 3.05) is 0 Å². The lowest BCUT2D eigenvalue weighted by atomic mass is 9.86. The van der Waals surface area contributed by atoms with Gasteiger partial charge in [-0.1, -0.05) is 30.3 Å². The molecule has 0 aliphatic heterocycles. The summed E-state index contributed by atoms with van der Waals surface area (Å²) in [6.45, 7) is 2.32. The molecule has 0 spiro atoms. The maximum atomic E-state index is 2.46. The third kappa shape index (κ3) is 0.953. The van der Waals surface area contributed by atoms with Crippen LogP contribution in [0.2, 0.25) is 0 Å². The van der Waals surface area contributed by atoms with Crippen LogP contribution in [-0.2, 0) is 0 Å². The van der Waals surface area contributed by atoms with Gasteiger partial charge in [0.25, 0.3) is 0 Å². The van der Waals surface area contributed by atoms with Crippen molar-refractivity contribution in [2.45, 2.75) is 38.0 Å². The molecule has 1 fully saturated rings. The molecule has 0 aromatic heterocycles. The van der Waals surface area contributed by atoms with E-state index >= 15 is 0 Å². The molecule has 2 atom stereocenters. The van der Waals surface area contributed by atoms with Crippen molar-refractivity contribution >= 4 is 10.8 Å². The van der Waals surface area contributed by atoms with Gasteiger partial charge in [-0.2, -0.15) is 0 Å². The first-order chi connectivity index (χ1) is 7.84. The Balaban J connectivity index is 2.13. The zero-order valence-electron chi connectivity index (χ0n) is 9.66. The van der Waals surface area contributed by atoms with Gasteiger partial charge >= 0.3 is 0 Å². The number of rotatable bonds is 0. The fraction of sp³-hybridized carbons (Fsp3) is 0.375. The lowest BCUT2D eigenvalue weighted by Crippen LogP contribution is -2.01. The molecular formula is C16H16. The predicted octanol–water partition coefficient (Wildman–Crippen LogP) is 4.51. The van der Waals surface area contributed by atoms with Gasteiger partial charge in [-0.05, 0) is 65.5 Å². The first-order valence-electron chi connectivity index (χ1n) is 6.37. The summed E-state index contributed by atoms with van der Waals surface area (Å²) in [4.78, 5) is 0. The molecule has 1 saturated carbocycles. The molecule has 4 rings (SSSR count). The van der Waals surface area contributed by atoms with Crippen molar-refractivity contribution in [2.24, 2.45) is 0 Å². The standard InChI is InChI=1S/C16H16/c1-10-14-5-3-2-4-11(14)9-15-12-6-7-13(8-12)16(10)15/h2-5,9,12-13H,6-8H2,1H3. The SMILES string of the molecule is Cc1c2c(cc3ccccc13)C1CCC2C1. The van der Waals surface area contributed by atoms with Crippen molar-refractivity contribution in [3.05, 3.63) is 47.0 Å². The average Bonchev–Trinajstić information content (AvgIpc) is 2.90. The van der Waals surface area contributed by atoms with Gasteiger partial charge in [0.2, 0.25) is 0 Å².